The first-order valence-electron chi connectivity index (χ1n) is 5.94. The molecule has 0 spiro atoms. The Morgan fingerprint density at radius 1 is 1.40 bits per heavy atom. The number of rotatable bonds is 4. The Bertz CT molecular complexity index is 774. The normalized spacial score (nSPS) is 10.8. The zero-order chi connectivity index (χ0) is 14.1. The lowest BCUT2D eigenvalue weighted by Gasteiger charge is -2.03. The van der Waals surface area contributed by atoms with Gasteiger partial charge in [0.15, 0.2) is 0 Å². The minimum Gasteiger partial charge on any atom is -0.486 e. The van der Waals surface area contributed by atoms with Crippen LogP contribution in [0.3, 0.4) is 0 Å². The van der Waals surface area contributed by atoms with Gasteiger partial charge in [0.05, 0.1) is 15.2 Å². The topological polar surface area (TPSA) is 72.6 Å². The Morgan fingerprint density at radius 2 is 2.25 bits per heavy atom. The van der Waals surface area contributed by atoms with Crippen molar-refractivity contribution >= 4 is 27.5 Å². The predicted octanol–water partition coefficient (Wildman–Crippen LogP) is 3.47. The maximum Gasteiger partial charge on any atom is 0.371 e. The number of carboxylic acid groups (broad SMARTS) is 1. The molecular weight excluding hydrogens is 278 g/mol. The molecular formula is C14H11NO4S. The van der Waals surface area contributed by atoms with Crippen LogP contribution in [0.25, 0.3) is 10.2 Å². The van der Waals surface area contributed by atoms with E-state index in [0.717, 1.165) is 15.2 Å². The molecule has 0 aliphatic carbocycles. The minimum atomic E-state index is -1.09. The van der Waals surface area contributed by atoms with E-state index in [0.29, 0.717) is 11.5 Å². The molecule has 0 radical (unpaired) electrons. The molecule has 102 valence electrons. The molecule has 0 saturated carbocycles. The van der Waals surface area contributed by atoms with Crippen molar-refractivity contribution < 1.29 is 19.1 Å². The second-order valence-corrected chi connectivity index (χ2v) is 5.46. The van der Waals surface area contributed by atoms with E-state index in [1.165, 1.54) is 6.07 Å². The fraction of sp³-hybridized carbons (Fsp3) is 0.143. The molecule has 0 aliphatic heterocycles. The highest BCUT2D eigenvalue weighted by Crippen LogP contribution is 2.26. The molecule has 0 amide bonds. The van der Waals surface area contributed by atoms with Gasteiger partial charge in [0.2, 0.25) is 5.76 Å². The number of hydrogen-bond acceptors (Lipinski definition) is 5. The third-order valence-corrected chi connectivity index (χ3v) is 3.65. The number of aromatic nitrogens is 1. The zero-order valence-electron chi connectivity index (χ0n) is 10.6. The van der Waals surface area contributed by atoms with E-state index in [1.807, 2.05) is 25.1 Å². The van der Waals surface area contributed by atoms with Crippen molar-refractivity contribution in [1.29, 1.82) is 0 Å². The average Bonchev–Trinajstić information content (AvgIpc) is 3.00. The van der Waals surface area contributed by atoms with Crippen molar-refractivity contribution in [3.63, 3.8) is 0 Å². The van der Waals surface area contributed by atoms with Crippen LogP contribution in [0.5, 0.6) is 5.75 Å². The number of aryl methyl sites for hydroxylation is 1. The summed E-state index contributed by atoms with van der Waals surface area (Å²) in [5.41, 5.74) is 0.950. The fourth-order valence-electron chi connectivity index (χ4n) is 1.83. The first-order valence-corrected chi connectivity index (χ1v) is 6.75. The number of benzene rings is 1. The lowest BCUT2D eigenvalue weighted by molar-refractivity contribution is 0.0658. The molecule has 5 nitrogen and oxygen atoms in total. The van der Waals surface area contributed by atoms with E-state index in [9.17, 15) is 4.79 Å². The molecule has 3 rings (SSSR count). The van der Waals surface area contributed by atoms with Gasteiger partial charge >= 0.3 is 5.97 Å². The first-order chi connectivity index (χ1) is 9.61. The van der Waals surface area contributed by atoms with Crippen LogP contribution in [0.15, 0.2) is 34.7 Å². The van der Waals surface area contributed by atoms with Gasteiger partial charge in [-0.2, -0.15) is 0 Å². The van der Waals surface area contributed by atoms with Gasteiger partial charge in [-0.25, -0.2) is 9.78 Å². The van der Waals surface area contributed by atoms with Crippen LogP contribution in [0.1, 0.15) is 21.3 Å². The molecule has 1 aromatic carbocycles. The second kappa shape index (κ2) is 4.97. The number of hydrogen-bond donors (Lipinski definition) is 1. The summed E-state index contributed by atoms with van der Waals surface area (Å²) in [5, 5.41) is 9.77. The number of carbonyl (C=O) groups is 1. The maximum atomic E-state index is 10.7. The van der Waals surface area contributed by atoms with Gasteiger partial charge in [-0.05, 0) is 37.3 Å². The molecule has 1 N–H and O–H groups in total. The van der Waals surface area contributed by atoms with Gasteiger partial charge in [0.25, 0.3) is 0 Å². The summed E-state index contributed by atoms with van der Waals surface area (Å²) in [5.74, 6) is 0.00680. The van der Waals surface area contributed by atoms with Crippen molar-refractivity contribution in [3.8, 4) is 5.75 Å². The van der Waals surface area contributed by atoms with Gasteiger partial charge < -0.3 is 14.3 Å². The Kier molecular flexibility index (Phi) is 3.15. The molecule has 0 fully saturated rings. The minimum absolute atomic E-state index is 0.0860. The van der Waals surface area contributed by atoms with Crippen LogP contribution in [0, 0.1) is 6.92 Å². The zero-order valence-corrected chi connectivity index (χ0v) is 11.4. The molecule has 0 aliphatic rings. The summed E-state index contributed by atoms with van der Waals surface area (Å²) in [6.45, 7) is 2.15. The smallest absolute Gasteiger partial charge is 0.371 e. The molecule has 3 aromatic rings. The SMILES string of the molecule is Cc1nc2ccc(OCc3ccc(C(=O)O)o3)cc2s1. The third kappa shape index (κ3) is 2.50. The molecule has 0 atom stereocenters. The molecule has 6 heteroatoms. The summed E-state index contributed by atoms with van der Waals surface area (Å²) in [6, 6.07) is 8.66. The van der Waals surface area contributed by atoms with E-state index in [4.69, 9.17) is 14.3 Å². The van der Waals surface area contributed by atoms with Crippen LogP contribution in [0.2, 0.25) is 0 Å². The van der Waals surface area contributed by atoms with E-state index >= 15 is 0 Å². The monoisotopic (exact) mass is 289 g/mol. The van der Waals surface area contributed by atoms with Crippen molar-refractivity contribution in [2.75, 3.05) is 0 Å². The number of fused-ring (bicyclic) bond motifs is 1. The van der Waals surface area contributed by atoms with Gasteiger partial charge in [0, 0.05) is 0 Å². The number of carboxylic acids is 1. The fourth-order valence-corrected chi connectivity index (χ4v) is 2.69. The Hall–Kier alpha value is -2.34. The lowest BCUT2D eigenvalue weighted by atomic mass is 10.3. The van der Waals surface area contributed by atoms with Crippen LogP contribution in [-0.4, -0.2) is 16.1 Å². The average molecular weight is 289 g/mol. The molecule has 0 unspecified atom stereocenters. The second-order valence-electron chi connectivity index (χ2n) is 4.22. The Morgan fingerprint density at radius 3 is 3.00 bits per heavy atom. The van der Waals surface area contributed by atoms with E-state index < -0.39 is 5.97 Å². The molecule has 20 heavy (non-hydrogen) atoms. The quantitative estimate of drug-likeness (QED) is 0.796. The van der Waals surface area contributed by atoms with E-state index in [1.54, 1.807) is 17.4 Å². The number of nitrogens with zero attached hydrogens (tertiary/aromatic N) is 1. The Labute approximate surface area is 118 Å². The highest BCUT2D eigenvalue weighted by atomic mass is 32.1. The van der Waals surface area contributed by atoms with Gasteiger partial charge in [-0.3, -0.25) is 0 Å². The number of thiazole rings is 1. The van der Waals surface area contributed by atoms with Gasteiger partial charge in [-0.1, -0.05) is 0 Å². The van der Waals surface area contributed by atoms with Crippen molar-refractivity contribution in [2.45, 2.75) is 13.5 Å². The van der Waals surface area contributed by atoms with Crippen LogP contribution >= 0.6 is 11.3 Å². The first kappa shape index (κ1) is 12.7. The van der Waals surface area contributed by atoms with Crippen molar-refractivity contribution in [2.24, 2.45) is 0 Å². The van der Waals surface area contributed by atoms with Crippen LogP contribution < -0.4 is 4.74 Å². The maximum absolute atomic E-state index is 10.7. The number of ether oxygens (including phenoxy) is 1. The van der Waals surface area contributed by atoms with E-state index in [-0.39, 0.29) is 12.4 Å². The van der Waals surface area contributed by atoms with Crippen LogP contribution in [-0.2, 0) is 6.61 Å². The standard InChI is InChI=1S/C14H11NO4S/c1-8-15-11-4-2-9(6-13(11)20-8)18-7-10-3-5-12(19-10)14(16)17/h2-6H,7H2,1H3,(H,16,17). The largest absolute Gasteiger partial charge is 0.486 e. The summed E-state index contributed by atoms with van der Waals surface area (Å²) >= 11 is 1.60. The third-order valence-electron chi connectivity index (χ3n) is 2.72. The predicted molar refractivity (Wildman–Crippen MR) is 74.4 cm³/mol. The highest BCUT2D eigenvalue weighted by Gasteiger charge is 2.09. The van der Waals surface area contributed by atoms with Crippen molar-refractivity contribution in [3.05, 3.63) is 46.9 Å². The molecule has 2 aromatic heterocycles. The Balaban J connectivity index is 1.73. The number of furan rings is 1. The van der Waals surface area contributed by atoms with Crippen molar-refractivity contribution in [1.82, 2.24) is 4.98 Å². The summed E-state index contributed by atoms with van der Waals surface area (Å²) in [6.07, 6.45) is 0. The summed E-state index contributed by atoms with van der Waals surface area (Å²) in [4.78, 5) is 15.1. The molecule has 0 bridgehead atoms. The molecule has 2 heterocycles. The summed E-state index contributed by atoms with van der Waals surface area (Å²) < 4.78 is 11.8. The van der Waals surface area contributed by atoms with Crippen LogP contribution in [0.4, 0.5) is 0 Å². The summed E-state index contributed by atoms with van der Waals surface area (Å²) in [7, 11) is 0. The molecule has 0 saturated heterocycles. The number of aromatic carboxylic acids is 1. The lowest BCUT2D eigenvalue weighted by Crippen LogP contribution is -1.95. The highest BCUT2D eigenvalue weighted by molar-refractivity contribution is 7.18. The van der Waals surface area contributed by atoms with Gasteiger partial charge in [0.1, 0.15) is 18.1 Å². The van der Waals surface area contributed by atoms with Gasteiger partial charge in [-0.15, -0.1) is 11.3 Å². The van der Waals surface area contributed by atoms with E-state index in [2.05, 4.69) is 4.98 Å².